The second-order valence-electron chi connectivity index (χ2n) is 9.43. The molecule has 1 aliphatic rings. The monoisotopic (exact) mass is 454 g/mol. The van der Waals surface area contributed by atoms with Crippen LogP contribution in [-0.2, 0) is 0 Å². The van der Waals surface area contributed by atoms with Crippen molar-refractivity contribution < 1.29 is 0 Å². The van der Waals surface area contributed by atoms with Gasteiger partial charge in [-0.2, -0.15) is 0 Å². The molecule has 1 aromatic carbocycles. The maximum atomic E-state index is 12.7. The van der Waals surface area contributed by atoms with Crippen molar-refractivity contribution in [3.05, 3.63) is 76.7 Å². The summed E-state index contributed by atoms with van der Waals surface area (Å²) in [5, 5.41) is 4.76. The van der Waals surface area contributed by atoms with Crippen molar-refractivity contribution in [2.24, 2.45) is 0 Å². The zero-order valence-electron chi connectivity index (χ0n) is 19.9. The first kappa shape index (κ1) is 22.2. The van der Waals surface area contributed by atoms with E-state index >= 15 is 0 Å². The van der Waals surface area contributed by atoms with Crippen molar-refractivity contribution >= 4 is 22.3 Å². The standard InChI is InChI=1S/C27H30N6O/c1-17(2)25-22(15-28-16-30-25)23-14-20-8-11-29-27(34)24(20)26(32-23)31-21-6-4-18(5-7-21)19-9-12-33(3)13-10-19/h4-8,11,14-17,19H,9-10,12-13H2,1-3H3,(H,29,34)(H,31,32). The van der Waals surface area contributed by atoms with Gasteiger partial charge in [0.1, 0.15) is 12.1 Å². The van der Waals surface area contributed by atoms with Gasteiger partial charge in [-0.25, -0.2) is 15.0 Å². The van der Waals surface area contributed by atoms with Gasteiger partial charge in [-0.15, -0.1) is 0 Å². The Morgan fingerprint density at radius 3 is 2.62 bits per heavy atom. The third kappa shape index (κ3) is 4.43. The minimum Gasteiger partial charge on any atom is -0.340 e. The van der Waals surface area contributed by atoms with E-state index < -0.39 is 0 Å². The van der Waals surface area contributed by atoms with Crippen LogP contribution in [0.2, 0.25) is 0 Å². The van der Waals surface area contributed by atoms with Crippen LogP contribution in [-0.4, -0.2) is 45.0 Å². The maximum absolute atomic E-state index is 12.7. The van der Waals surface area contributed by atoms with Gasteiger partial charge >= 0.3 is 0 Å². The zero-order chi connectivity index (χ0) is 23.7. The van der Waals surface area contributed by atoms with Gasteiger partial charge in [0, 0.05) is 23.6 Å². The Bertz CT molecular complexity index is 1350. The van der Waals surface area contributed by atoms with Gasteiger partial charge in [-0.1, -0.05) is 26.0 Å². The van der Waals surface area contributed by atoms with Gasteiger partial charge in [-0.05, 0) is 80.0 Å². The summed E-state index contributed by atoms with van der Waals surface area (Å²) in [4.78, 5) is 31.5. The number of likely N-dealkylation sites (tertiary alicyclic amines) is 1. The number of anilines is 2. The molecule has 0 saturated carbocycles. The van der Waals surface area contributed by atoms with Gasteiger partial charge in [0.25, 0.3) is 5.56 Å². The van der Waals surface area contributed by atoms with E-state index in [0.29, 0.717) is 17.1 Å². The molecule has 34 heavy (non-hydrogen) atoms. The van der Waals surface area contributed by atoms with Crippen LogP contribution in [0.15, 0.2) is 59.9 Å². The fraction of sp³-hybridized carbons (Fsp3) is 0.333. The summed E-state index contributed by atoms with van der Waals surface area (Å²) in [5.74, 6) is 1.35. The molecule has 174 valence electrons. The van der Waals surface area contributed by atoms with Crippen molar-refractivity contribution in [3.63, 3.8) is 0 Å². The summed E-state index contributed by atoms with van der Waals surface area (Å²) in [5.41, 5.74) is 4.65. The molecule has 7 nitrogen and oxygen atoms in total. The van der Waals surface area contributed by atoms with Gasteiger partial charge in [0.05, 0.1) is 16.8 Å². The number of nitrogens with one attached hydrogen (secondary N) is 2. The molecule has 4 heterocycles. The maximum Gasteiger partial charge on any atom is 0.259 e. The highest BCUT2D eigenvalue weighted by Crippen LogP contribution is 2.32. The van der Waals surface area contributed by atoms with Crippen LogP contribution < -0.4 is 10.9 Å². The van der Waals surface area contributed by atoms with E-state index in [2.05, 4.69) is 70.3 Å². The van der Waals surface area contributed by atoms with Crippen LogP contribution >= 0.6 is 0 Å². The van der Waals surface area contributed by atoms with Crippen molar-refractivity contribution in [2.75, 3.05) is 25.5 Å². The molecule has 1 aliphatic heterocycles. The summed E-state index contributed by atoms with van der Waals surface area (Å²) < 4.78 is 0. The molecule has 7 heteroatoms. The molecule has 0 atom stereocenters. The molecule has 2 N–H and O–H groups in total. The first-order chi connectivity index (χ1) is 16.5. The van der Waals surface area contributed by atoms with Crippen molar-refractivity contribution in [1.29, 1.82) is 0 Å². The fourth-order valence-corrected chi connectivity index (χ4v) is 4.76. The first-order valence-electron chi connectivity index (χ1n) is 11.9. The summed E-state index contributed by atoms with van der Waals surface area (Å²) in [7, 11) is 2.18. The molecular formula is C27H30N6O. The molecule has 0 amide bonds. The molecule has 0 aliphatic carbocycles. The highest BCUT2D eigenvalue weighted by molar-refractivity contribution is 5.95. The van der Waals surface area contributed by atoms with E-state index in [0.717, 1.165) is 41.1 Å². The molecule has 1 saturated heterocycles. The number of nitrogens with zero attached hydrogens (tertiary/aromatic N) is 4. The van der Waals surface area contributed by atoms with E-state index in [-0.39, 0.29) is 11.5 Å². The number of rotatable bonds is 5. The second kappa shape index (κ2) is 9.35. The van der Waals surface area contributed by atoms with E-state index in [1.807, 2.05) is 12.1 Å². The van der Waals surface area contributed by atoms with Gasteiger partial charge in [0.2, 0.25) is 0 Å². The van der Waals surface area contributed by atoms with Crippen LogP contribution in [0.4, 0.5) is 11.5 Å². The number of hydrogen-bond donors (Lipinski definition) is 2. The van der Waals surface area contributed by atoms with Crippen molar-refractivity contribution in [1.82, 2.24) is 24.8 Å². The molecule has 0 unspecified atom stereocenters. The number of hydrogen-bond acceptors (Lipinski definition) is 6. The SMILES string of the molecule is CC(C)c1ncncc1-c1cc2cc[nH]c(=O)c2c(Nc2ccc(C3CCN(C)CC3)cc2)n1. The van der Waals surface area contributed by atoms with Crippen LogP contribution in [0.1, 0.15) is 49.8 Å². The van der Waals surface area contributed by atoms with Gasteiger partial charge in [0.15, 0.2) is 0 Å². The number of benzene rings is 1. The lowest BCUT2D eigenvalue weighted by molar-refractivity contribution is 0.255. The van der Waals surface area contributed by atoms with Gasteiger partial charge < -0.3 is 15.2 Å². The lowest BCUT2D eigenvalue weighted by Gasteiger charge is -2.29. The zero-order valence-corrected chi connectivity index (χ0v) is 19.9. The molecule has 5 rings (SSSR count). The topological polar surface area (TPSA) is 86.8 Å². The highest BCUT2D eigenvalue weighted by atomic mass is 16.1. The van der Waals surface area contributed by atoms with E-state index in [9.17, 15) is 4.79 Å². The Hall–Kier alpha value is -3.58. The summed E-state index contributed by atoms with van der Waals surface area (Å²) in [6, 6.07) is 12.4. The summed E-state index contributed by atoms with van der Waals surface area (Å²) >= 11 is 0. The van der Waals surface area contributed by atoms with E-state index in [4.69, 9.17) is 4.98 Å². The first-order valence-corrected chi connectivity index (χ1v) is 11.9. The Balaban J connectivity index is 1.52. The average molecular weight is 455 g/mol. The number of aromatic nitrogens is 4. The summed E-state index contributed by atoms with van der Waals surface area (Å²) in [6.07, 6.45) is 7.40. The van der Waals surface area contributed by atoms with Crippen molar-refractivity contribution in [3.8, 4) is 11.3 Å². The smallest absolute Gasteiger partial charge is 0.259 e. The predicted molar refractivity (Wildman–Crippen MR) is 137 cm³/mol. The number of aromatic amines is 1. The Kier molecular flexibility index (Phi) is 6.11. The average Bonchev–Trinajstić information content (AvgIpc) is 2.85. The predicted octanol–water partition coefficient (Wildman–Crippen LogP) is 5.06. The number of H-pyrrole nitrogens is 1. The number of fused-ring (bicyclic) bond motifs is 1. The number of piperidine rings is 1. The lowest BCUT2D eigenvalue weighted by atomic mass is 9.89. The molecule has 0 bridgehead atoms. The Labute approximate surface area is 199 Å². The van der Waals surface area contributed by atoms with Crippen LogP contribution in [0.25, 0.3) is 22.0 Å². The van der Waals surface area contributed by atoms with Crippen molar-refractivity contribution in [2.45, 2.75) is 38.5 Å². The lowest BCUT2D eigenvalue weighted by Crippen LogP contribution is -2.29. The van der Waals surface area contributed by atoms with Crippen LogP contribution in [0.5, 0.6) is 0 Å². The number of pyridine rings is 2. The molecule has 0 spiro atoms. The Morgan fingerprint density at radius 1 is 1.12 bits per heavy atom. The second-order valence-corrected chi connectivity index (χ2v) is 9.43. The van der Waals surface area contributed by atoms with Gasteiger partial charge in [-0.3, -0.25) is 4.79 Å². The Morgan fingerprint density at radius 2 is 1.88 bits per heavy atom. The molecule has 0 radical (unpaired) electrons. The van der Waals surface area contributed by atoms with Crippen LogP contribution in [0.3, 0.4) is 0 Å². The van der Waals surface area contributed by atoms with Crippen LogP contribution in [0, 0.1) is 0 Å². The molecule has 4 aromatic rings. The largest absolute Gasteiger partial charge is 0.340 e. The highest BCUT2D eigenvalue weighted by Gasteiger charge is 2.19. The normalized spacial score (nSPS) is 15.2. The molecule has 1 fully saturated rings. The third-order valence-corrected chi connectivity index (χ3v) is 6.68. The van der Waals surface area contributed by atoms with E-state index in [1.54, 1.807) is 18.7 Å². The summed E-state index contributed by atoms with van der Waals surface area (Å²) in [6.45, 7) is 6.47. The molecule has 3 aromatic heterocycles. The minimum absolute atomic E-state index is 0.171. The quantitative estimate of drug-likeness (QED) is 0.439. The fourth-order valence-electron chi connectivity index (χ4n) is 4.76. The molecular weight excluding hydrogens is 424 g/mol. The minimum atomic E-state index is -0.171. The van der Waals surface area contributed by atoms with E-state index in [1.165, 1.54) is 18.4 Å². The third-order valence-electron chi connectivity index (χ3n) is 6.68.